The van der Waals surface area contributed by atoms with Crippen LogP contribution in [0, 0.1) is 5.82 Å². The number of halogens is 2. The van der Waals surface area contributed by atoms with Crippen LogP contribution in [0.3, 0.4) is 0 Å². The van der Waals surface area contributed by atoms with Gasteiger partial charge in [-0.1, -0.05) is 29.4 Å². The van der Waals surface area contributed by atoms with E-state index in [1.54, 1.807) is 42.1 Å². The summed E-state index contributed by atoms with van der Waals surface area (Å²) in [4.78, 5) is 22.0. The van der Waals surface area contributed by atoms with Gasteiger partial charge in [-0.15, -0.1) is 0 Å². The van der Waals surface area contributed by atoms with Gasteiger partial charge in [0.05, 0.1) is 29.6 Å². The highest BCUT2D eigenvalue weighted by atomic mass is 35.5. The van der Waals surface area contributed by atoms with Gasteiger partial charge in [0.1, 0.15) is 5.82 Å². The van der Waals surface area contributed by atoms with E-state index in [1.807, 2.05) is 6.07 Å². The third-order valence-corrected chi connectivity index (χ3v) is 5.77. The molecule has 29 heavy (non-hydrogen) atoms. The molecule has 0 amide bonds. The number of rotatable bonds is 6. The molecule has 0 aliphatic rings. The van der Waals surface area contributed by atoms with Gasteiger partial charge in [0.2, 0.25) is 0 Å². The van der Waals surface area contributed by atoms with Crippen LogP contribution in [0.4, 0.5) is 4.39 Å². The van der Waals surface area contributed by atoms with E-state index >= 15 is 0 Å². The smallest absolute Gasteiger partial charge is 0.262 e. The van der Waals surface area contributed by atoms with E-state index in [9.17, 15) is 9.18 Å². The monoisotopic (exact) mass is 429 g/mol. The number of methoxy groups -OCH3 is 1. The van der Waals surface area contributed by atoms with Crippen molar-refractivity contribution in [3.05, 3.63) is 75.4 Å². The molecule has 0 aliphatic heterocycles. The zero-order valence-electron chi connectivity index (χ0n) is 15.6. The number of pyridine rings is 1. The van der Waals surface area contributed by atoms with E-state index in [2.05, 4.69) is 9.97 Å². The van der Waals surface area contributed by atoms with Crippen molar-refractivity contribution in [3.8, 4) is 0 Å². The molecule has 4 rings (SSSR count). The fourth-order valence-electron chi connectivity index (χ4n) is 3.14. The minimum Gasteiger partial charge on any atom is -0.383 e. The molecule has 148 valence electrons. The third kappa shape index (κ3) is 4.12. The van der Waals surface area contributed by atoms with Gasteiger partial charge in [-0.2, -0.15) is 0 Å². The minimum absolute atomic E-state index is 0.159. The lowest BCUT2D eigenvalue weighted by Crippen LogP contribution is -2.25. The Labute approximate surface area is 175 Å². The average Bonchev–Trinajstić information content (AvgIpc) is 2.71. The number of thioether (sulfide) groups is 1. The molecule has 0 unspecified atom stereocenters. The van der Waals surface area contributed by atoms with E-state index in [4.69, 9.17) is 16.3 Å². The number of aromatic nitrogens is 3. The molecular weight excluding hydrogens is 413 g/mol. The Morgan fingerprint density at radius 3 is 2.93 bits per heavy atom. The maximum Gasteiger partial charge on any atom is 0.262 e. The Kier molecular flexibility index (Phi) is 5.80. The van der Waals surface area contributed by atoms with E-state index in [0.717, 1.165) is 16.5 Å². The highest BCUT2D eigenvalue weighted by molar-refractivity contribution is 7.98. The quantitative estimate of drug-likeness (QED) is 0.329. The SMILES string of the molecule is COCCn1c(SCc2cc(F)cc3cccnc23)nc2cc(Cl)ccc2c1=O. The predicted octanol–water partition coefficient (Wildman–Crippen LogP) is 4.68. The van der Waals surface area contributed by atoms with Gasteiger partial charge in [0, 0.05) is 29.5 Å². The van der Waals surface area contributed by atoms with Gasteiger partial charge in [-0.3, -0.25) is 14.3 Å². The summed E-state index contributed by atoms with van der Waals surface area (Å²) in [5.74, 6) is 0.0904. The number of benzene rings is 2. The number of hydrogen-bond acceptors (Lipinski definition) is 5. The van der Waals surface area contributed by atoms with Gasteiger partial charge in [0.15, 0.2) is 5.16 Å². The summed E-state index contributed by atoms with van der Waals surface area (Å²) in [6, 6.07) is 11.5. The van der Waals surface area contributed by atoms with Crippen LogP contribution in [0.2, 0.25) is 5.02 Å². The Hall–Kier alpha value is -2.48. The Balaban J connectivity index is 1.76. The maximum absolute atomic E-state index is 14.0. The summed E-state index contributed by atoms with van der Waals surface area (Å²) in [6.45, 7) is 0.740. The zero-order valence-corrected chi connectivity index (χ0v) is 17.1. The van der Waals surface area contributed by atoms with E-state index in [-0.39, 0.29) is 11.4 Å². The normalized spacial score (nSPS) is 11.4. The molecule has 2 aromatic heterocycles. The van der Waals surface area contributed by atoms with Crippen molar-refractivity contribution >= 4 is 45.2 Å². The number of hydrogen-bond donors (Lipinski definition) is 0. The molecule has 2 heterocycles. The Morgan fingerprint density at radius 2 is 2.10 bits per heavy atom. The molecule has 0 saturated heterocycles. The molecule has 0 bridgehead atoms. The molecule has 0 saturated carbocycles. The lowest BCUT2D eigenvalue weighted by Gasteiger charge is -2.13. The second-order valence-corrected chi connectivity index (χ2v) is 7.81. The highest BCUT2D eigenvalue weighted by Gasteiger charge is 2.14. The van der Waals surface area contributed by atoms with Crippen LogP contribution in [0.25, 0.3) is 21.8 Å². The van der Waals surface area contributed by atoms with Crippen LogP contribution in [-0.4, -0.2) is 28.3 Å². The Bertz CT molecular complexity index is 1260. The van der Waals surface area contributed by atoms with Crippen molar-refractivity contribution in [2.24, 2.45) is 0 Å². The average molecular weight is 430 g/mol. The fraction of sp³-hybridized carbons (Fsp3) is 0.190. The Morgan fingerprint density at radius 1 is 1.24 bits per heavy atom. The predicted molar refractivity (Wildman–Crippen MR) is 114 cm³/mol. The molecule has 0 radical (unpaired) electrons. The summed E-state index contributed by atoms with van der Waals surface area (Å²) in [7, 11) is 1.58. The first-order valence-electron chi connectivity index (χ1n) is 8.92. The molecule has 0 spiro atoms. The molecule has 8 heteroatoms. The van der Waals surface area contributed by atoms with Crippen molar-refractivity contribution in [1.29, 1.82) is 0 Å². The van der Waals surface area contributed by atoms with Crippen LogP contribution >= 0.6 is 23.4 Å². The van der Waals surface area contributed by atoms with Gasteiger partial charge in [-0.25, -0.2) is 9.37 Å². The highest BCUT2D eigenvalue weighted by Crippen LogP contribution is 2.27. The number of fused-ring (bicyclic) bond motifs is 2. The van der Waals surface area contributed by atoms with Crippen LogP contribution in [0.15, 0.2) is 58.6 Å². The van der Waals surface area contributed by atoms with Crippen molar-refractivity contribution in [2.45, 2.75) is 17.5 Å². The topological polar surface area (TPSA) is 57.0 Å². The van der Waals surface area contributed by atoms with Crippen LogP contribution in [0.5, 0.6) is 0 Å². The van der Waals surface area contributed by atoms with Crippen molar-refractivity contribution < 1.29 is 9.13 Å². The standard InChI is InChI=1S/C21H17ClFN3O2S/c1-28-8-7-26-20(27)17-5-4-15(22)11-18(17)25-21(26)29-12-14-10-16(23)9-13-3-2-6-24-19(13)14/h2-6,9-11H,7-8,12H2,1H3. The first kappa shape index (κ1) is 19.8. The summed E-state index contributed by atoms with van der Waals surface area (Å²) < 4.78 is 20.8. The molecule has 0 N–H and O–H groups in total. The lowest BCUT2D eigenvalue weighted by atomic mass is 10.1. The van der Waals surface area contributed by atoms with Crippen LogP contribution < -0.4 is 5.56 Å². The summed E-state index contributed by atoms with van der Waals surface area (Å²) >= 11 is 7.43. The maximum atomic E-state index is 14.0. The second kappa shape index (κ2) is 8.49. The summed E-state index contributed by atoms with van der Waals surface area (Å²) in [5.41, 5.74) is 1.84. The van der Waals surface area contributed by atoms with Gasteiger partial charge in [0.25, 0.3) is 5.56 Å². The fourth-order valence-corrected chi connectivity index (χ4v) is 4.31. The van der Waals surface area contributed by atoms with Gasteiger partial charge in [-0.05, 0) is 42.0 Å². The summed E-state index contributed by atoms with van der Waals surface area (Å²) in [6.07, 6.45) is 1.68. The third-order valence-electron chi connectivity index (χ3n) is 4.51. The first-order valence-corrected chi connectivity index (χ1v) is 10.3. The summed E-state index contributed by atoms with van der Waals surface area (Å²) in [5, 5.41) is 2.26. The van der Waals surface area contributed by atoms with Crippen molar-refractivity contribution in [2.75, 3.05) is 13.7 Å². The molecule has 4 aromatic rings. The first-order chi connectivity index (χ1) is 14.1. The lowest BCUT2D eigenvalue weighted by molar-refractivity contribution is 0.183. The zero-order chi connectivity index (χ0) is 20.4. The van der Waals surface area contributed by atoms with Crippen molar-refractivity contribution in [3.63, 3.8) is 0 Å². The second-order valence-electron chi connectivity index (χ2n) is 6.43. The largest absolute Gasteiger partial charge is 0.383 e. The molecule has 5 nitrogen and oxygen atoms in total. The van der Waals surface area contributed by atoms with Crippen LogP contribution in [-0.2, 0) is 17.0 Å². The van der Waals surface area contributed by atoms with Crippen LogP contribution in [0.1, 0.15) is 5.56 Å². The van der Waals surface area contributed by atoms with E-state index in [0.29, 0.717) is 40.0 Å². The molecule has 0 atom stereocenters. The van der Waals surface area contributed by atoms with E-state index in [1.165, 1.54) is 23.9 Å². The minimum atomic E-state index is -0.323. The number of ether oxygens (including phenoxy) is 1. The number of nitrogens with zero attached hydrogens (tertiary/aromatic N) is 3. The molecule has 0 fully saturated rings. The van der Waals surface area contributed by atoms with Gasteiger partial charge < -0.3 is 4.74 Å². The molecule has 0 aliphatic carbocycles. The van der Waals surface area contributed by atoms with Crippen molar-refractivity contribution in [1.82, 2.24) is 14.5 Å². The molecular formula is C21H17ClFN3O2S. The van der Waals surface area contributed by atoms with Gasteiger partial charge >= 0.3 is 0 Å². The molecule has 2 aromatic carbocycles. The van der Waals surface area contributed by atoms with E-state index < -0.39 is 0 Å².